The lowest BCUT2D eigenvalue weighted by atomic mass is 9.93. The molecule has 180 valence electrons. The normalized spacial score (nSPS) is 17.6. The van der Waals surface area contributed by atoms with Crippen molar-refractivity contribution in [1.29, 1.82) is 0 Å². The lowest BCUT2D eigenvalue weighted by molar-refractivity contribution is -0.150. The van der Waals surface area contributed by atoms with Crippen LogP contribution in [0.1, 0.15) is 21.6 Å². The molecular formula is C25H17ClN4O6. The lowest BCUT2D eigenvalue weighted by Crippen LogP contribution is -2.55. The Morgan fingerprint density at radius 2 is 1.64 bits per heavy atom. The number of benzene rings is 3. The number of phenols is 1. The van der Waals surface area contributed by atoms with E-state index in [4.69, 9.17) is 11.6 Å². The van der Waals surface area contributed by atoms with Crippen LogP contribution in [0.2, 0.25) is 5.02 Å². The summed E-state index contributed by atoms with van der Waals surface area (Å²) >= 11 is 5.99. The van der Waals surface area contributed by atoms with Gasteiger partial charge < -0.3 is 20.3 Å². The minimum Gasteiger partial charge on any atom is -0.507 e. The van der Waals surface area contributed by atoms with Gasteiger partial charge in [-0.2, -0.15) is 0 Å². The van der Waals surface area contributed by atoms with Crippen molar-refractivity contribution in [3.63, 3.8) is 0 Å². The van der Waals surface area contributed by atoms with E-state index in [0.717, 1.165) is 0 Å². The van der Waals surface area contributed by atoms with E-state index in [1.54, 1.807) is 24.3 Å². The molecule has 0 saturated carbocycles. The Morgan fingerprint density at radius 3 is 2.36 bits per heavy atom. The molecule has 2 amide bonds. The highest BCUT2D eigenvalue weighted by Crippen LogP contribution is 2.44. The van der Waals surface area contributed by atoms with Gasteiger partial charge in [0.1, 0.15) is 11.4 Å². The summed E-state index contributed by atoms with van der Waals surface area (Å²) < 4.78 is 0. The zero-order valence-electron chi connectivity index (χ0n) is 18.3. The van der Waals surface area contributed by atoms with E-state index in [-0.39, 0.29) is 16.9 Å². The van der Waals surface area contributed by atoms with E-state index < -0.39 is 40.1 Å². The molecule has 0 spiro atoms. The highest BCUT2D eigenvalue weighted by Gasteiger charge is 2.55. The van der Waals surface area contributed by atoms with E-state index in [9.17, 15) is 29.7 Å². The number of hydrogen-bond donors (Lipinski definition) is 5. The van der Waals surface area contributed by atoms with Crippen molar-refractivity contribution in [3.05, 3.63) is 111 Å². The van der Waals surface area contributed by atoms with Gasteiger partial charge >= 0.3 is 5.91 Å². The number of amides is 2. The lowest BCUT2D eigenvalue weighted by Gasteiger charge is -2.35. The Kier molecular flexibility index (Phi) is 5.47. The molecule has 1 aliphatic rings. The molecule has 0 aliphatic carbocycles. The van der Waals surface area contributed by atoms with E-state index in [1.807, 2.05) is 0 Å². The minimum atomic E-state index is -2.58. The van der Waals surface area contributed by atoms with Crippen molar-refractivity contribution < 1.29 is 24.9 Å². The number of fused-ring (bicyclic) bond motifs is 1. The Bertz CT molecular complexity index is 1630. The molecule has 3 aromatic carbocycles. The predicted molar refractivity (Wildman–Crippen MR) is 130 cm³/mol. The smallest absolute Gasteiger partial charge is 0.310 e. The number of nitrogens with zero attached hydrogens (tertiary/aromatic N) is 2. The second-order valence-corrected chi connectivity index (χ2v) is 8.37. The molecule has 4 aromatic rings. The summed E-state index contributed by atoms with van der Waals surface area (Å²) in [5.74, 6) is -3.54. The standard InChI is InChI=1S/C25H17ClN4O6/c26-14-11-9-13(10-12-14)25(36)19(20-23(34)28-17-7-3-2-6-16(17)27-20)21(32)24(35)30(25)29-22(33)15-5-1-4-8-18(15)31/h1-12,31-32,36H,(H,28,34)(H,29,33). The Balaban J connectivity index is 1.70. The first-order valence-corrected chi connectivity index (χ1v) is 10.9. The molecule has 2 heterocycles. The van der Waals surface area contributed by atoms with Crippen LogP contribution in [0.15, 0.2) is 83.4 Å². The number of aromatic nitrogens is 2. The first-order chi connectivity index (χ1) is 17.2. The summed E-state index contributed by atoms with van der Waals surface area (Å²) in [7, 11) is 0. The number of rotatable bonds is 4. The summed E-state index contributed by atoms with van der Waals surface area (Å²) in [6.45, 7) is 0. The van der Waals surface area contributed by atoms with E-state index >= 15 is 0 Å². The van der Waals surface area contributed by atoms with E-state index in [2.05, 4.69) is 15.4 Å². The van der Waals surface area contributed by atoms with Crippen LogP contribution in [-0.4, -0.2) is 42.1 Å². The maximum Gasteiger partial charge on any atom is 0.310 e. The number of aliphatic hydroxyl groups excluding tert-OH is 1. The maximum absolute atomic E-state index is 13.2. The van der Waals surface area contributed by atoms with Crippen molar-refractivity contribution in [2.45, 2.75) is 5.72 Å². The number of aromatic hydroxyl groups is 1. The third-order valence-electron chi connectivity index (χ3n) is 5.76. The Morgan fingerprint density at radius 1 is 0.972 bits per heavy atom. The quantitative estimate of drug-likeness (QED) is 0.286. The number of para-hydroxylation sites is 3. The van der Waals surface area contributed by atoms with Gasteiger partial charge in [0.05, 0.1) is 22.2 Å². The van der Waals surface area contributed by atoms with Crippen LogP contribution in [0.25, 0.3) is 16.6 Å². The number of phenolic OH excluding ortho intramolecular Hbond substituents is 1. The van der Waals surface area contributed by atoms with Gasteiger partial charge in [0.25, 0.3) is 11.5 Å². The molecule has 0 saturated heterocycles. The molecule has 36 heavy (non-hydrogen) atoms. The average Bonchev–Trinajstić information content (AvgIpc) is 3.05. The van der Waals surface area contributed by atoms with Crippen molar-refractivity contribution in [2.24, 2.45) is 0 Å². The fourth-order valence-electron chi connectivity index (χ4n) is 4.03. The molecule has 0 bridgehead atoms. The zero-order valence-corrected chi connectivity index (χ0v) is 19.0. The van der Waals surface area contributed by atoms with Crippen LogP contribution in [0, 0.1) is 0 Å². The average molecular weight is 505 g/mol. The fourth-order valence-corrected chi connectivity index (χ4v) is 4.15. The molecular weight excluding hydrogens is 488 g/mol. The summed E-state index contributed by atoms with van der Waals surface area (Å²) in [6.07, 6.45) is 0. The molecule has 5 N–H and O–H groups in total. The molecule has 1 aliphatic heterocycles. The van der Waals surface area contributed by atoms with Crippen LogP contribution in [0.4, 0.5) is 0 Å². The number of aliphatic hydroxyl groups is 2. The van der Waals surface area contributed by atoms with Gasteiger partial charge in [-0.3, -0.25) is 19.8 Å². The molecule has 0 fully saturated rings. The Hall–Kier alpha value is -4.67. The zero-order chi connectivity index (χ0) is 25.6. The van der Waals surface area contributed by atoms with Crippen molar-refractivity contribution >= 4 is 40.0 Å². The summed E-state index contributed by atoms with van der Waals surface area (Å²) in [5, 5.41) is 33.7. The summed E-state index contributed by atoms with van der Waals surface area (Å²) in [4.78, 5) is 46.0. The second kappa shape index (κ2) is 8.52. The number of carbonyl (C=O) groups is 2. The van der Waals surface area contributed by atoms with Gasteiger partial charge in [-0.1, -0.05) is 48.0 Å². The van der Waals surface area contributed by atoms with Gasteiger partial charge in [-0.05, 0) is 36.4 Å². The van der Waals surface area contributed by atoms with Gasteiger partial charge in [0.15, 0.2) is 5.76 Å². The van der Waals surface area contributed by atoms with Crippen molar-refractivity contribution in [2.75, 3.05) is 0 Å². The van der Waals surface area contributed by atoms with Crippen molar-refractivity contribution in [3.8, 4) is 5.75 Å². The topological polar surface area (TPSA) is 156 Å². The van der Waals surface area contributed by atoms with Crippen LogP contribution in [0.5, 0.6) is 5.75 Å². The second-order valence-electron chi connectivity index (χ2n) is 7.93. The number of hydrogen-bond acceptors (Lipinski definition) is 7. The highest BCUT2D eigenvalue weighted by atomic mass is 35.5. The van der Waals surface area contributed by atoms with Crippen LogP contribution < -0.4 is 11.0 Å². The fraction of sp³-hybridized carbons (Fsp3) is 0.0400. The molecule has 11 heteroatoms. The van der Waals surface area contributed by atoms with Gasteiger partial charge in [-0.15, -0.1) is 0 Å². The minimum absolute atomic E-state index is 0.00811. The SMILES string of the molecule is O=C(NN1C(=O)C(O)=C(c2nc3ccccc3[nH]c2=O)C1(O)c1ccc(Cl)cc1)c1ccccc1O. The molecule has 1 unspecified atom stereocenters. The number of carbonyl (C=O) groups excluding carboxylic acids is 2. The molecule has 5 rings (SSSR count). The van der Waals surface area contributed by atoms with Crippen LogP contribution >= 0.6 is 11.6 Å². The maximum atomic E-state index is 13.2. The Labute approximate surface area is 207 Å². The number of hydrazine groups is 1. The van der Waals surface area contributed by atoms with E-state index in [0.29, 0.717) is 21.1 Å². The first-order valence-electron chi connectivity index (χ1n) is 10.6. The molecule has 1 atom stereocenters. The number of H-pyrrole nitrogens is 1. The number of halogens is 1. The largest absolute Gasteiger partial charge is 0.507 e. The first kappa shape index (κ1) is 23.1. The summed E-state index contributed by atoms with van der Waals surface area (Å²) in [5.41, 5.74) is -1.58. The van der Waals surface area contributed by atoms with Gasteiger partial charge in [0.2, 0.25) is 5.72 Å². The molecule has 1 aromatic heterocycles. The van der Waals surface area contributed by atoms with Crippen LogP contribution in [0.3, 0.4) is 0 Å². The van der Waals surface area contributed by atoms with Gasteiger partial charge in [-0.25, -0.2) is 9.99 Å². The van der Waals surface area contributed by atoms with Crippen LogP contribution in [-0.2, 0) is 10.5 Å². The highest BCUT2D eigenvalue weighted by molar-refractivity contribution is 6.30. The predicted octanol–water partition coefficient (Wildman–Crippen LogP) is 2.58. The van der Waals surface area contributed by atoms with Crippen molar-refractivity contribution in [1.82, 2.24) is 20.4 Å². The third-order valence-corrected chi connectivity index (χ3v) is 6.01. The molecule has 10 nitrogen and oxygen atoms in total. The number of aromatic amines is 1. The van der Waals surface area contributed by atoms with Gasteiger partial charge in [0, 0.05) is 10.6 Å². The monoisotopic (exact) mass is 504 g/mol. The summed E-state index contributed by atoms with van der Waals surface area (Å²) in [6, 6.07) is 17.7. The number of nitrogens with one attached hydrogen (secondary N) is 2. The third kappa shape index (κ3) is 3.56. The van der Waals surface area contributed by atoms with E-state index in [1.165, 1.54) is 48.5 Å². The molecule has 0 radical (unpaired) electrons.